The summed E-state index contributed by atoms with van der Waals surface area (Å²) in [6.07, 6.45) is 0. The van der Waals surface area contributed by atoms with Crippen molar-refractivity contribution in [1.29, 1.82) is 0 Å². The van der Waals surface area contributed by atoms with Crippen molar-refractivity contribution >= 4 is 0 Å². The second kappa shape index (κ2) is 6.59. The zero-order chi connectivity index (χ0) is 10.2. The van der Waals surface area contributed by atoms with Gasteiger partial charge in [-0.25, -0.2) is 0 Å². The average Bonchev–Trinajstić information content (AvgIpc) is 2.65. The zero-order valence-electron chi connectivity index (χ0n) is 8.49. The summed E-state index contributed by atoms with van der Waals surface area (Å²) >= 11 is 0. The van der Waals surface area contributed by atoms with Gasteiger partial charge in [-0.1, -0.05) is 0 Å². The molecule has 1 rings (SSSR count). The fourth-order valence-corrected chi connectivity index (χ4v) is 1.04. The van der Waals surface area contributed by atoms with Crippen LogP contribution in [0, 0.1) is 0 Å². The number of hydrogen-bond acceptors (Lipinski definition) is 4. The van der Waals surface area contributed by atoms with Crippen LogP contribution in [0.15, 0.2) is 16.5 Å². The van der Waals surface area contributed by atoms with Gasteiger partial charge in [-0.05, 0) is 19.1 Å². The molecule has 0 radical (unpaired) electrons. The second-order valence-corrected chi connectivity index (χ2v) is 2.82. The molecule has 0 aromatic carbocycles. The van der Waals surface area contributed by atoms with Gasteiger partial charge in [-0.15, -0.1) is 0 Å². The minimum Gasteiger partial charge on any atom is -0.462 e. The van der Waals surface area contributed by atoms with Crippen LogP contribution in [0.2, 0.25) is 0 Å². The van der Waals surface area contributed by atoms with Gasteiger partial charge >= 0.3 is 0 Å². The van der Waals surface area contributed by atoms with E-state index in [0.717, 1.165) is 18.1 Å². The first-order valence-electron chi connectivity index (χ1n) is 4.80. The highest BCUT2D eigenvalue weighted by Gasteiger charge is 1.99. The molecule has 0 fully saturated rings. The molecule has 2 N–H and O–H groups in total. The maximum atomic E-state index is 5.40. The van der Waals surface area contributed by atoms with Crippen molar-refractivity contribution in [2.45, 2.75) is 20.1 Å². The van der Waals surface area contributed by atoms with E-state index in [1.807, 2.05) is 19.1 Å². The summed E-state index contributed by atoms with van der Waals surface area (Å²) in [7, 11) is 0. The monoisotopic (exact) mass is 199 g/mol. The van der Waals surface area contributed by atoms with Crippen molar-refractivity contribution in [2.75, 3.05) is 19.8 Å². The first-order valence-corrected chi connectivity index (χ1v) is 4.80. The Labute approximate surface area is 84.0 Å². The molecule has 4 heteroatoms. The Bertz CT molecular complexity index is 247. The van der Waals surface area contributed by atoms with Crippen molar-refractivity contribution in [3.8, 4) is 0 Å². The van der Waals surface area contributed by atoms with Crippen LogP contribution in [0.4, 0.5) is 0 Å². The summed E-state index contributed by atoms with van der Waals surface area (Å²) in [5, 5.41) is 0. The Morgan fingerprint density at radius 2 is 1.93 bits per heavy atom. The smallest absolute Gasteiger partial charge is 0.129 e. The predicted octanol–water partition coefficient (Wildman–Crippen LogP) is 1.29. The molecule has 4 nitrogen and oxygen atoms in total. The Balaban J connectivity index is 2.12. The fourth-order valence-electron chi connectivity index (χ4n) is 1.04. The highest BCUT2D eigenvalue weighted by molar-refractivity contribution is 5.05. The van der Waals surface area contributed by atoms with Crippen LogP contribution in [0.25, 0.3) is 0 Å². The van der Waals surface area contributed by atoms with Gasteiger partial charge < -0.3 is 19.6 Å². The molecule has 0 spiro atoms. The third-order valence-corrected chi connectivity index (χ3v) is 1.74. The highest BCUT2D eigenvalue weighted by atomic mass is 16.5. The lowest BCUT2D eigenvalue weighted by molar-refractivity contribution is 0.0387. The second-order valence-electron chi connectivity index (χ2n) is 2.82. The Kier molecular flexibility index (Phi) is 5.29. The molecular formula is C10H17NO3. The van der Waals surface area contributed by atoms with Crippen LogP contribution in [0.1, 0.15) is 18.4 Å². The minimum absolute atomic E-state index is 0.430. The maximum absolute atomic E-state index is 5.40. The maximum Gasteiger partial charge on any atom is 0.129 e. The van der Waals surface area contributed by atoms with Crippen LogP contribution >= 0.6 is 0 Å². The Morgan fingerprint density at radius 3 is 2.57 bits per heavy atom. The quantitative estimate of drug-likeness (QED) is 0.672. The molecule has 1 heterocycles. The van der Waals surface area contributed by atoms with Gasteiger partial charge in [0.1, 0.15) is 18.1 Å². The molecule has 0 bridgehead atoms. The van der Waals surface area contributed by atoms with E-state index >= 15 is 0 Å². The lowest BCUT2D eigenvalue weighted by Gasteiger charge is -2.01. The molecule has 0 unspecified atom stereocenters. The topological polar surface area (TPSA) is 57.6 Å². The van der Waals surface area contributed by atoms with Gasteiger partial charge in [0.05, 0.1) is 19.8 Å². The van der Waals surface area contributed by atoms with E-state index in [9.17, 15) is 0 Å². The van der Waals surface area contributed by atoms with Crippen molar-refractivity contribution < 1.29 is 13.9 Å². The molecule has 0 aliphatic rings. The molecule has 80 valence electrons. The molecule has 0 aliphatic carbocycles. The summed E-state index contributed by atoms with van der Waals surface area (Å²) in [4.78, 5) is 0. The fraction of sp³-hybridized carbons (Fsp3) is 0.600. The SMILES string of the molecule is CCOCCOCc1ccc(CN)o1. The molecule has 0 saturated heterocycles. The van der Waals surface area contributed by atoms with Gasteiger partial charge in [0, 0.05) is 6.61 Å². The molecule has 0 aliphatic heterocycles. The molecular weight excluding hydrogens is 182 g/mol. The molecule has 0 atom stereocenters. The summed E-state index contributed by atoms with van der Waals surface area (Å²) in [6, 6.07) is 3.74. The van der Waals surface area contributed by atoms with Crippen molar-refractivity contribution in [1.82, 2.24) is 0 Å². The Hall–Kier alpha value is -0.840. The lowest BCUT2D eigenvalue weighted by Crippen LogP contribution is -2.03. The van der Waals surface area contributed by atoms with Crippen LogP contribution in [-0.4, -0.2) is 19.8 Å². The van der Waals surface area contributed by atoms with E-state index in [-0.39, 0.29) is 0 Å². The average molecular weight is 199 g/mol. The lowest BCUT2D eigenvalue weighted by atomic mass is 10.4. The third kappa shape index (κ3) is 3.91. The number of furan rings is 1. The number of hydrogen-bond donors (Lipinski definition) is 1. The van der Waals surface area contributed by atoms with Crippen LogP contribution in [0.5, 0.6) is 0 Å². The standard InChI is InChI=1S/C10H17NO3/c1-2-12-5-6-13-8-10-4-3-9(7-11)14-10/h3-4H,2,5-8,11H2,1H3. The first kappa shape index (κ1) is 11.2. The minimum atomic E-state index is 0.430. The molecule has 1 aromatic heterocycles. The van der Waals surface area contributed by atoms with Gasteiger partial charge in [-0.3, -0.25) is 0 Å². The van der Waals surface area contributed by atoms with Crippen LogP contribution in [-0.2, 0) is 22.6 Å². The van der Waals surface area contributed by atoms with Gasteiger partial charge in [0.25, 0.3) is 0 Å². The molecule has 0 saturated carbocycles. The molecule has 14 heavy (non-hydrogen) atoms. The van der Waals surface area contributed by atoms with E-state index in [4.69, 9.17) is 19.6 Å². The van der Waals surface area contributed by atoms with Crippen LogP contribution in [0.3, 0.4) is 0 Å². The molecule has 0 amide bonds. The summed E-state index contributed by atoms with van der Waals surface area (Å²) in [5.41, 5.74) is 5.40. The predicted molar refractivity (Wildman–Crippen MR) is 52.7 cm³/mol. The summed E-state index contributed by atoms with van der Waals surface area (Å²) in [5.74, 6) is 1.59. The Morgan fingerprint density at radius 1 is 1.21 bits per heavy atom. The number of ether oxygens (including phenoxy) is 2. The third-order valence-electron chi connectivity index (χ3n) is 1.74. The van der Waals surface area contributed by atoms with E-state index in [1.54, 1.807) is 0 Å². The van der Waals surface area contributed by atoms with E-state index < -0.39 is 0 Å². The van der Waals surface area contributed by atoms with Crippen LogP contribution < -0.4 is 5.73 Å². The van der Waals surface area contributed by atoms with Gasteiger partial charge in [0.15, 0.2) is 0 Å². The highest BCUT2D eigenvalue weighted by Crippen LogP contribution is 2.07. The normalized spacial score (nSPS) is 10.7. The van der Waals surface area contributed by atoms with Gasteiger partial charge in [-0.2, -0.15) is 0 Å². The number of rotatable bonds is 7. The summed E-state index contributed by atoms with van der Waals surface area (Å²) < 4.78 is 15.8. The van der Waals surface area contributed by atoms with E-state index in [2.05, 4.69) is 0 Å². The van der Waals surface area contributed by atoms with Gasteiger partial charge in [0.2, 0.25) is 0 Å². The van der Waals surface area contributed by atoms with Crippen molar-refractivity contribution in [3.05, 3.63) is 23.7 Å². The van der Waals surface area contributed by atoms with E-state index in [1.165, 1.54) is 0 Å². The number of nitrogens with two attached hydrogens (primary N) is 1. The van der Waals surface area contributed by atoms with Crippen molar-refractivity contribution in [2.24, 2.45) is 5.73 Å². The first-order chi connectivity index (χ1) is 6.86. The zero-order valence-corrected chi connectivity index (χ0v) is 8.49. The molecule has 1 aromatic rings. The summed E-state index contributed by atoms with van der Waals surface area (Å²) in [6.45, 7) is 4.81. The van der Waals surface area contributed by atoms with Crippen molar-refractivity contribution in [3.63, 3.8) is 0 Å². The largest absolute Gasteiger partial charge is 0.462 e. The van der Waals surface area contributed by atoms with E-state index in [0.29, 0.717) is 26.4 Å².